The molecule has 18 heavy (non-hydrogen) atoms. The Kier molecular flexibility index (Phi) is 6.42. The Balaban J connectivity index is 3.14. The van der Waals surface area contributed by atoms with Crippen molar-refractivity contribution in [2.24, 2.45) is 5.92 Å². The van der Waals surface area contributed by atoms with Crippen molar-refractivity contribution in [3.63, 3.8) is 0 Å². The van der Waals surface area contributed by atoms with Crippen LogP contribution >= 0.6 is 0 Å². The summed E-state index contributed by atoms with van der Waals surface area (Å²) in [7, 11) is 0. The molecule has 0 aliphatic carbocycles. The molecule has 0 saturated carbocycles. The Hall–Kier alpha value is -0.820. The zero-order valence-electron chi connectivity index (χ0n) is 12.7. The van der Waals surface area contributed by atoms with Gasteiger partial charge in [0.2, 0.25) is 0 Å². The minimum Gasteiger partial charge on any atom is -0.310 e. The molecule has 0 heterocycles. The van der Waals surface area contributed by atoms with Crippen molar-refractivity contribution in [1.29, 1.82) is 0 Å². The van der Waals surface area contributed by atoms with Crippen LogP contribution in [0.5, 0.6) is 0 Å². The van der Waals surface area contributed by atoms with Crippen LogP contribution in [0.3, 0.4) is 0 Å². The zero-order valence-corrected chi connectivity index (χ0v) is 12.7. The van der Waals surface area contributed by atoms with Gasteiger partial charge in [-0.05, 0) is 42.0 Å². The first-order valence-electron chi connectivity index (χ1n) is 7.52. The Labute approximate surface area is 113 Å². The average molecular weight is 247 g/mol. The van der Waals surface area contributed by atoms with Crippen LogP contribution in [0.1, 0.15) is 63.8 Å². The van der Waals surface area contributed by atoms with Crippen LogP contribution in [0.2, 0.25) is 0 Å². The van der Waals surface area contributed by atoms with Crippen molar-refractivity contribution in [2.45, 2.75) is 59.9 Å². The molecule has 0 bridgehead atoms. The van der Waals surface area contributed by atoms with E-state index in [1.54, 1.807) is 0 Å². The van der Waals surface area contributed by atoms with Crippen molar-refractivity contribution >= 4 is 0 Å². The third kappa shape index (κ3) is 3.58. The minimum absolute atomic E-state index is 0.501. The van der Waals surface area contributed by atoms with Gasteiger partial charge in [-0.1, -0.05) is 59.2 Å². The highest BCUT2D eigenvalue weighted by molar-refractivity contribution is 5.35. The number of nitrogens with one attached hydrogen (secondary N) is 1. The number of benzene rings is 1. The van der Waals surface area contributed by atoms with Crippen molar-refractivity contribution in [3.05, 3.63) is 34.9 Å². The Morgan fingerprint density at radius 2 is 1.78 bits per heavy atom. The summed E-state index contributed by atoms with van der Waals surface area (Å²) in [6, 6.07) is 7.52. The molecule has 0 amide bonds. The molecule has 1 rings (SSSR count). The first kappa shape index (κ1) is 15.2. The summed E-state index contributed by atoms with van der Waals surface area (Å²) in [6.07, 6.45) is 3.46. The normalized spacial score (nSPS) is 14.5. The molecule has 0 aromatic heterocycles. The number of rotatable bonds is 7. The average Bonchev–Trinajstić information content (AvgIpc) is 2.43. The van der Waals surface area contributed by atoms with Crippen molar-refractivity contribution in [3.8, 4) is 0 Å². The van der Waals surface area contributed by atoms with Crippen molar-refractivity contribution in [1.82, 2.24) is 5.32 Å². The van der Waals surface area contributed by atoms with E-state index in [9.17, 15) is 0 Å². The third-order valence-corrected chi connectivity index (χ3v) is 3.97. The molecule has 0 aliphatic rings. The zero-order chi connectivity index (χ0) is 13.5. The maximum atomic E-state index is 3.68. The summed E-state index contributed by atoms with van der Waals surface area (Å²) in [5.41, 5.74) is 4.47. The summed E-state index contributed by atoms with van der Waals surface area (Å²) < 4.78 is 0. The van der Waals surface area contributed by atoms with Crippen LogP contribution in [-0.2, 0) is 12.8 Å². The van der Waals surface area contributed by atoms with Crippen LogP contribution < -0.4 is 5.32 Å². The number of hydrogen-bond donors (Lipinski definition) is 1. The lowest BCUT2D eigenvalue weighted by atomic mass is 9.87. The van der Waals surface area contributed by atoms with Gasteiger partial charge in [0, 0.05) is 6.04 Å². The van der Waals surface area contributed by atoms with Crippen LogP contribution in [0.25, 0.3) is 0 Å². The van der Waals surface area contributed by atoms with E-state index in [-0.39, 0.29) is 0 Å². The van der Waals surface area contributed by atoms with E-state index >= 15 is 0 Å². The standard InChI is InChI=1S/C17H29N/c1-6-13(5)17(18-9-4)16-12-14(7-2)10-11-15(16)8-3/h10-13,17-18H,6-9H2,1-5H3. The molecule has 0 radical (unpaired) electrons. The number of aryl methyl sites for hydroxylation is 2. The van der Waals surface area contributed by atoms with Gasteiger partial charge in [0.15, 0.2) is 0 Å². The lowest BCUT2D eigenvalue weighted by Gasteiger charge is -2.27. The lowest BCUT2D eigenvalue weighted by Crippen LogP contribution is -2.27. The maximum absolute atomic E-state index is 3.68. The first-order chi connectivity index (χ1) is 8.67. The molecule has 1 heteroatoms. The smallest absolute Gasteiger partial charge is 0.0348 e. The molecule has 102 valence electrons. The predicted octanol–water partition coefficient (Wildman–Crippen LogP) is 4.51. The molecule has 1 N–H and O–H groups in total. The van der Waals surface area contributed by atoms with Gasteiger partial charge >= 0.3 is 0 Å². The van der Waals surface area contributed by atoms with Crippen LogP contribution in [0.15, 0.2) is 18.2 Å². The molecule has 1 aromatic rings. The second kappa shape index (κ2) is 7.58. The fourth-order valence-corrected chi connectivity index (χ4v) is 2.55. The molecule has 2 atom stereocenters. The molecule has 0 aliphatic heterocycles. The van der Waals surface area contributed by atoms with Crippen molar-refractivity contribution in [2.75, 3.05) is 6.54 Å². The van der Waals surface area contributed by atoms with Gasteiger partial charge in [-0.15, -0.1) is 0 Å². The fourth-order valence-electron chi connectivity index (χ4n) is 2.55. The Morgan fingerprint density at radius 3 is 2.28 bits per heavy atom. The van der Waals surface area contributed by atoms with E-state index < -0.39 is 0 Å². The van der Waals surface area contributed by atoms with Crippen LogP contribution in [-0.4, -0.2) is 6.54 Å². The summed E-state index contributed by atoms with van der Waals surface area (Å²) in [6.45, 7) is 12.4. The highest BCUT2D eigenvalue weighted by Gasteiger charge is 2.19. The summed E-state index contributed by atoms with van der Waals surface area (Å²) in [4.78, 5) is 0. The monoisotopic (exact) mass is 247 g/mol. The Morgan fingerprint density at radius 1 is 1.06 bits per heavy atom. The maximum Gasteiger partial charge on any atom is 0.0348 e. The quantitative estimate of drug-likeness (QED) is 0.747. The van der Waals surface area contributed by atoms with Crippen molar-refractivity contribution < 1.29 is 0 Å². The largest absolute Gasteiger partial charge is 0.310 e. The predicted molar refractivity (Wildman–Crippen MR) is 81.1 cm³/mol. The fraction of sp³-hybridized carbons (Fsp3) is 0.647. The van der Waals surface area contributed by atoms with E-state index in [4.69, 9.17) is 0 Å². The van der Waals surface area contributed by atoms with Crippen LogP contribution in [0, 0.1) is 5.92 Å². The first-order valence-corrected chi connectivity index (χ1v) is 7.52. The number of hydrogen-bond acceptors (Lipinski definition) is 1. The van der Waals surface area contributed by atoms with Gasteiger partial charge < -0.3 is 5.32 Å². The molecule has 0 saturated heterocycles. The summed E-state index contributed by atoms with van der Waals surface area (Å²) in [5.74, 6) is 0.683. The van der Waals surface area contributed by atoms with Gasteiger partial charge in [0.25, 0.3) is 0 Å². The van der Waals surface area contributed by atoms with Gasteiger partial charge in [-0.2, -0.15) is 0 Å². The molecular weight excluding hydrogens is 218 g/mol. The van der Waals surface area contributed by atoms with Gasteiger partial charge in [-0.25, -0.2) is 0 Å². The van der Waals surface area contributed by atoms with E-state index in [0.29, 0.717) is 12.0 Å². The highest BCUT2D eigenvalue weighted by atomic mass is 14.9. The van der Waals surface area contributed by atoms with E-state index in [0.717, 1.165) is 19.4 Å². The second-order valence-electron chi connectivity index (χ2n) is 5.16. The van der Waals surface area contributed by atoms with Gasteiger partial charge in [0.05, 0.1) is 0 Å². The molecular formula is C17H29N. The van der Waals surface area contributed by atoms with E-state index in [1.807, 2.05) is 0 Å². The van der Waals surface area contributed by atoms with E-state index in [1.165, 1.54) is 23.1 Å². The van der Waals surface area contributed by atoms with Gasteiger partial charge in [0.1, 0.15) is 0 Å². The summed E-state index contributed by atoms with van der Waals surface area (Å²) >= 11 is 0. The summed E-state index contributed by atoms with van der Waals surface area (Å²) in [5, 5.41) is 3.68. The van der Waals surface area contributed by atoms with Crippen LogP contribution in [0.4, 0.5) is 0 Å². The second-order valence-corrected chi connectivity index (χ2v) is 5.16. The molecule has 1 aromatic carbocycles. The molecule has 1 nitrogen and oxygen atoms in total. The van der Waals surface area contributed by atoms with Gasteiger partial charge in [-0.3, -0.25) is 0 Å². The molecule has 2 unspecified atom stereocenters. The minimum atomic E-state index is 0.501. The topological polar surface area (TPSA) is 12.0 Å². The third-order valence-electron chi connectivity index (χ3n) is 3.97. The Bertz CT molecular complexity index is 357. The molecule has 0 fully saturated rings. The SMILES string of the molecule is CCNC(c1cc(CC)ccc1CC)C(C)CC. The lowest BCUT2D eigenvalue weighted by molar-refractivity contribution is 0.382. The highest BCUT2D eigenvalue weighted by Crippen LogP contribution is 2.28. The van der Waals surface area contributed by atoms with E-state index in [2.05, 4.69) is 58.1 Å². The molecule has 0 spiro atoms.